The van der Waals surface area contributed by atoms with Crippen molar-refractivity contribution in [1.29, 1.82) is 0 Å². The van der Waals surface area contributed by atoms with Crippen LogP contribution in [0.1, 0.15) is 36.0 Å². The molecule has 1 heterocycles. The number of nitrogens with one attached hydrogen (secondary N) is 1. The van der Waals surface area contributed by atoms with Gasteiger partial charge in [0.15, 0.2) is 0 Å². The average Bonchev–Trinajstić information content (AvgIpc) is 2.37. The SMILES string of the molecule is Cc1cccc(CNCC2CCCCN2C)c1C. The highest BCUT2D eigenvalue weighted by molar-refractivity contribution is 5.32. The Labute approximate surface area is 111 Å². The van der Waals surface area contributed by atoms with Crippen LogP contribution in [0.15, 0.2) is 18.2 Å². The van der Waals surface area contributed by atoms with E-state index in [0.29, 0.717) is 0 Å². The van der Waals surface area contributed by atoms with Crippen LogP contribution in [0, 0.1) is 13.8 Å². The van der Waals surface area contributed by atoms with Gasteiger partial charge in [0.25, 0.3) is 0 Å². The van der Waals surface area contributed by atoms with Gasteiger partial charge in [-0.1, -0.05) is 24.6 Å². The fourth-order valence-electron chi connectivity index (χ4n) is 2.78. The maximum absolute atomic E-state index is 3.63. The molecule has 1 aliphatic heterocycles. The molecule has 1 aromatic rings. The van der Waals surface area contributed by atoms with E-state index in [9.17, 15) is 0 Å². The number of rotatable bonds is 4. The van der Waals surface area contributed by atoms with Crippen LogP contribution < -0.4 is 5.32 Å². The van der Waals surface area contributed by atoms with E-state index in [1.54, 1.807) is 0 Å². The highest BCUT2D eigenvalue weighted by Gasteiger charge is 2.17. The van der Waals surface area contributed by atoms with Crippen molar-refractivity contribution in [2.75, 3.05) is 20.1 Å². The van der Waals surface area contributed by atoms with Crippen molar-refractivity contribution in [3.8, 4) is 0 Å². The summed E-state index contributed by atoms with van der Waals surface area (Å²) in [5, 5.41) is 3.63. The molecule has 0 aromatic heterocycles. The minimum atomic E-state index is 0.726. The van der Waals surface area contributed by atoms with Gasteiger partial charge in [0.05, 0.1) is 0 Å². The van der Waals surface area contributed by atoms with Gasteiger partial charge in [-0.25, -0.2) is 0 Å². The molecule has 2 rings (SSSR count). The highest BCUT2D eigenvalue weighted by Crippen LogP contribution is 2.15. The second kappa shape index (κ2) is 6.35. The van der Waals surface area contributed by atoms with E-state index >= 15 is 0 Å². The van der Waals surface area contributed by atoms with Crippen molar-refractivity contribution < 1.29 is 0 Å². The number of piperidine rings is 1. The summed E-state index contributed by atoms with van der Waals surface area (Å²) in [6, 6.07) is 7.31. The Morgan fingerprint density at radius 3 is 2.89 bits per heavy atom. The fourth-order valence-corrected chi connectivity index (χ4v) is 2.78. The third-order valence-corrected chi connectivity index (χ3v) is 4.33. The Bertz CT molecular complexity index is 387. The van der Waals surface area contributed by atoms with Gasteiger partial charge in [-0.15, -0.1) is 0 Å². The molecule has 0 aliphatic carbocycles. The van der Waals surface area contributed by atoms with Crippen molar-refractivity contribution in [1.82, 2.24) is 10.2 Å². The van der Waals surface area contributed by atoms with Crippen molar-refractivity contribution in [3.63, 3.8) is 0 Å². The minimum Gasteiger partial charge on any atom is -0.311 e. The Morgan fingerprint density at radius 2 is 2.11 bits per heavy atom. The number of nitrogens with zero attached hydrogens (tertiary/aromatic N) is 1. The van der Waals surface area contributed by atoms with Gasteiger partial charge in [-0.3, -0.25) is 0 Å². The molecule has 100 valence electrons. The smallest absolute Gasteiger partial charge is 0.0217 e. The van der Waals surface area contributed by atoms with Crippen LogP contribution in [0.3, 0.4) is 0 Å². The molecular formula is C16H26N2. The van der Waals surface area contributed by atoms with Gasteiger partial charge >= 0.3 is 0 Å². The normalized spacial score (nSPS) is 21.2. The minimum absolute atomic E-state index is 0.726. The van der Waals surface area contributed by atoms with Gasteiger partial charge in [0, 0.05) is 19.1 Å². The van der Waals surface area contributed by atoms with Crippen molar-refractivity contribution in [2.45, 2.75) is 45.7 Å². The molecule has 1 aliphatic rings. The van der Waals surface area contributed by atoms with E-state index < -0.39 is 0 Å². The molecule has 2 heteroatoms. The molecule has 0 saturated carbocycles. The first kappa shape index (κ1) is 13.6. The molecule has 1 fully saturated rings. The maximum atomic E-state index is 3.63. The van der Waals surface area contributed by atoms with E-state index in [1.165, 1.54) is 42.5 Å². The molecule has 1 unspecified atom stereocenters. The van der Waals surface area contributed by atoms with Crippen molar-refractivity contribution in [3.05, 3.63) is 34.9 Å². The van der Waals surface area contributed by atoms with Gasteiger partial charge < -0.3 is 10.2 Å². The first-order valence-corrected chi connectivity index (χ1v) is 7.14. The molecule has 1 saturated heterocycles. The lowest BCUT2D eigenvalue weighted by Gasteiger charge is -2.32. The predicted octanol–water partition coefficient (Wildman–Crippen LogP) is 2.88. The first-order chi connectivity index (χ1) is 8.68. The van der Waals surface area contributed by atoms with Crippen LogP contribution in [0.4, 0.5) is 0 Å². The summed E-state index contributed by atoms with van der Waals surface area (Å²) in [5.74, 6) is 0. The summed E-state index contributed by atoms with van der Waals surface area (Å²) in [6.07, 6.45) is 4.10. The number of hydrogen-bond acceptors (Lipinski definition) is 2. The van der Waals surface area contributed by atoms with Crippen molar-refractivity contribution in [2.24, 2.45) is 0 Å². The highest BCUT2D eigenvalue weighted by atomic mass is 15.2. The second-order valence-corrected chi connectivity index (χ2v) is 5.62. The molecule has 2 nitrogen and oxygen atoms in total. The van der Waals surface area contributed by atoms with Crippen LogP contribution in [0.5, 0.6) is 0 Å². The molecule has 18 heavy (non-hydrogen) atoms. The average molecular weight is 246 g/mol. The Kier molecular flexibility index (Phi) is 4.79. The van der Waals surface area contributed by atoms with Gasteiger partial charge in [0.2, 0.25) is 0 Å². The summed E-state index contributed by atoms with van der Waals surface area (Å²) >= 11 is 0. The summed E-state index contributed by atoms with van der Waals surface area (Å²) in [7, 11) is 2.25. The van der Waals surface area contributed by atoms with Crippen LogP contribution in [-0.4, -0.2) is 31.1 Å². The molecule has 0 amide bonds. The van der Waals surface area contributed by atoms with Crippen LogP contribution >= 0.6 is 0 Å². The zero-order valence-corrected chi connectivity index (χ0v) is 12.0. The largest absolute Gasteiger partial charge is 0.311 e. The summed E-state index contributed by atoms with van der Waals surface area (Å²) in [6.45, 7) is 7.78. The molecular weight excluding hydrogens is 220 g/mol. The van der Waals surface area contributed by atoms with E-state index in [1.807, 2.05) is 0 Å². The van der Waals surface area contributed by atoms with Crippen LogP contribution in [0.2, 0.25) is 0 Å². The zero-order chi connectivity index (χ0) is 13.0. The maximum Gasteiger partial charge on any atom is 0.0217 e. The lowest BCUT2D eigenvalue weighted by Crippen LogP contribution is -2.42. The van der Waals surface area contributed by atoms with E-state index in [-0.39, 0.29) is 0 Å². The third kappa shape index (κ3) is 3.33. The quantitative estimate of drug-likeness (QED) is 0.879. The Balaban J connectivity index is 1.83. The molecule has 0 bridgehead atoms. The number of likely N-dealkylation sites (tertiary alicyclic amines) is 1. The van der Waals surface area contributed by atoms with Crippen molar-refractivity contribution >= 4 is 0 Å². The molecule has 0 radical (unpaired) electrons. The molecule has 0 spiro atoms. The summed E-state index contributed by atoms with van der Waals surface area (Å²) in [4.78, 5) is 2.50. The van der Waals surface area contributed by atoms with Gasteiger partial charge in [-0.2, -0.15) is 0 Å². The molecule has 1 N–H and O–H groups in total. The van der Waals surface area contributed by atoms with E-state index in [2.05, 4.69) is 49.3 Å². The zero-order valence-electron chi connectivity index (χ0n) is 12.0. The lowest BCUT2D eigenvalue weighted by atomic mass is 10.0. The molecule has 1 aromatic carbocycles. The monoisotopic (exact) mass is 246 g/mol. The number of aryl methyl sites for hydroxylation is 1. The Morgan fingerprint density at radius 1 is 1.28 bits per heavy atom. The predicted molar refractivity (Wildman–Crippen MR) is 77.9 cm³/mol. The van der Waals surface area contributed by atoms with Crippen LogP contribution in [0.25, 0.3) is 0 Å². The Hall–Kier alpha value is -0.860. The first-order valence-electron chi connectivity index (χ1n) is 7.14. The van der Waals surface area contributed by atoms with E-state index in [4.69, 9.17) is 0 Å². The number of likely N-dealkylation sites (N-methyl/N-ethyl adjacent to an activating group) is 1. The third-order valence-electron chi connectivity index (χ3n) is 4.33. The number of benzene rings is 1. The van der Waals surface area contributed by atoms with Gasteiger partial charge in [0.1, 0.15) is 0 Å². The lowest BCUT2D eigenvalue weighted by molar-refractivity contribution is 0.181. The number of hydrogen-bond donors (Lipinski definition) is 1. The topological polar surface area (TPSA) is 15.3 Å². The van der Waals surface area contributed by atoms with Gasteiger partial charge in [-0.05, 0) is 57.0 Å². The summed E-state index contributed by atoms with van der Waals surface area (Å²) < 4.78 is 0. The standard InChI is InChI=1S/C16H26N2/c1-13-7-6-8-15(14(13)2)11-17-12-16-9-4-5-10-18(16)3/h6-8,16-17H,4-5,9-12H2,1-3H3. The molecule has 1 atom stereocenters. The summed E-state index contributed by atoms with van der Waals surface area (Å²) in [5.41, 5.74) is 4.26. The fraction of sp³-hybridized carbons (Fsp3) is 0.625. The van der Waals surface area contributed by atoms with Crippen LogP contribution in [-0.2, 0) is 6.54 Å². The second-order valence-electron chi connectivity index (χ2n) is 5.62. The van der Waals surface area contributed by atoms with E-state index in [0.717, 1.165) is 19.1 Å².